The summed E-state index contributed by atoms with van der Waals surface area (Å²) in [5, 5.41) is 0. The number of rotatable bonds is 5. The molecule has 4 fully saturated rings. The van der Waals surface area contributed by atoms with Crippen LogP contribution in [-0.2, 0) is 15.0 Å². The molecule has 0 N–H and O–H groups in total. The molecule has 0 radical (unpaired) electrons. The van der Waals surface area contributed by atoms with E-state index in [1.165, 1.54) is 0 Å². The molecule has 184 valence electrons. The van der Waals surface area contributed by atoms with Gasteiger partial charge in [0.2, 0.25) is 5.91 Å². The van der Waals surface area contributed by atoms with Gasteiger partial charge in [0, 0.05) is 45.3 Å². The van der Waals surface area contributed by atoms with E-state index in [9.17, 15) is 13.2 Å². The molecule has 4 rings (SSSR count). The predicted molar refractivity (Wildman–Crippen MR) is 127 cm³/mol. The Hall–Kier alpha value is -0.700. The third kappa shape index (κ3) is 4.75. The summed E-state index contributed by atoms with van der Waals surface area (Å²) in [7, 11) is -1.75. The number of carbonyl (C=O) groups excluding carboxylic acids is 1. The fraction of sp³-hybridized carbons (Fsp3) is 0.958. The van der Waals surface area contributed by atoms with Crippen molar-refractivity contribution in [3.63, 3.8) is 0 Å². The lowest BCUT2D eigenvalue weighted by Crippen LogP contribution is -2.58. The number of fused-ring (bicyclic) bond motifs is 1. The van der Waals surface area contributed by atoms with Crippen molar-refractivity contribution in [2.75, 3.05) is 39.8 Å². The fourth-order valence-corrected chi connectivity index (χ4v) is 9.20. The Kier molecular flexibility index (Phi) is 7.54. The van der Waals surface area contributed by atoms with Crippen molar-refractivity contribution in [1.29, 1.82) is 0 Å². The van der Waals surface area contributed by atoms with Crippen LogP contribution in [0.25, 0.3) is 0 Å². The van der Waals surface area contributed by atoms with Gasteiger partial charge in [-0.25, -0.2) is 0 Å². The number of nitrogens with zero attached hydrogens (tertiary/aromatic N) is 4. The van der Waals surface area contributed by atoms with Gasteiger partial charge in [0.05, 0.1) is 0 Å². The van der Waals surface area contributed by atoms with Crippen molar-refractivity contribution < 1.29 is 13.2 Å². The average Bonchev–Trinajstić information content (AvgIpc) is 3.18. The molecule has 1 aliphatic carbocycles. The molecule has 1 amide bonds. The smallest absolute Gasteiger partial charge is 0.282 e. The lowest BCUT2D eigenvalue weighted by molar-refractivity contribution is -0.136. The fourth-order valence-electron chi connectivity index (χ4n) is 6.93. The Morgan fingerprint density at radius 1 is 0.969 bits per heavy atom. The summed E-state index contributed by atoms with van der Waals surface area (Å²) < 4.78 is 31.4. The zero-order valence-corrected chi connectivity index (χ0v) is 21.4. The SMILES string of the molecule is CCN1CCC(N(C)C(=O)[C@@H]2C[C@@H]3CCCC[C@H]3N2S(=O)(=O)N2C[C@H](C)C[C@H](C)C2)CC1. The number of likely N-dealkylation sites (tertiary alicyclic amines) is 1. The molecule has 4 aliphatic rings. The lowest BCUT2D eigenvalue weighted by Gasteiger charge is -2.42. The highest BCUT2D eigenvalue weighted by Crippen LogP contribution is 2.43. The van der Waals surface area contributed by atoms with Crippen LogP contribution >= 0.6 is 0 Å². The summed E-state index contributed by atoms with van der Waals surface area (Å²) >= 11 is 0. The van der Waals surface area contributed by atoms with Gasteiger partial charge in [-0.05, 0) is 62.8 Å². The molecule has 0 aromatic heterocycles. The Bertz CT molecular complexity index is 757. The average molecular weight is 469 g/mol. The van der Waals surface area contributed by atoms with E-state index in [0.29, 0.717) is 37.3 Å². The minimum Gasteiger partial charge on any atom is -0.341 e. The van der Waals surface area contributed by atoms with E-state index in [0.717, 1.165) is 64.6 Å². The first-order chi connectivity index (χ1) is 15.2. The number of amides is 1. The maximum absolute atomic E-state index is 14.0. The molecule has 32 heavy (non-hydrogen) atoms. The molecule has 5 atom stereocenters. The van der Waals surface area contributed by atoms with E-state index in [1.807, 2.05) is 11.9 Å². The molecule has 0 unspecified atom stereocenters. The molecule has 0 aromatic rings. The molecular formula is C24H44N4O3S. The van der Waals surface area contributed by atoms with Gasteiger partial charge in [-0.3, -0.25) is 4.79 Å². The van der Waals surface area contributed by atoms with Crippen LogP contribution in [0.2, 0.25) is 0 Å². The molecule has 3 saturated heterocycles. The van der Waals surface area contributed by atoms with Crippen LogP contribution in [0.15, 0.2) is 0 Å². The van der Waals surface area contributed by atoms with Crippen LogP contribution in [-0.4, -0.2) is 90.6 Å². The molecular weight excluding hydrogens is 424 g/mol. The van der Waals surface area contributed by atoms with Crippen LogP contribution in [0.3, 0.4) is 0 Å². The second-order valence-corrected chi connectivity index (χ2v) is 12.9. The van der Waals surface area contributed by atoms with E-state index in [-0.39, 0.29) is 18.0 Å². The van der Waals surface area contributed by atoms with E-state index in [1.54, 1.807) is 8.61 Å². The van der Waals surface area contributed by atoms with Crippen LogP contribution < -0.4 is 0 Å². The third-order valence-corrected chi connectivity index (χ3v) is 10.7. The van der Waals surface area contributed by atoms with Crippen molar-refractivity contribution >= 4 is 16.1 Å². The number of carbonyl (C=O) groups is 1. The van der Waals surface area contributed by atoms with Gasteiger partial charge in [-0.15, -0.1) is 0 Å². The Balaban J connectivity index is 1.56. The molecule has 0 spiro atoms. The van der Waals surface area contributed by atoms with Crippen LogP contribution in [0.1, 0.15) is 72.1 Å². The maximum atomic E-state index is 14.0. The van der Waals surface area contributed by atoms with Gasteiger partial charge >= 0.3 is 0 Å². The van der Waals surface area contributed by atoms with Crippen molar-refractivity contribution in [2.24, 2.45) is 17.8 Å². The molecule has 0 bridgehead atoms. The van der Waals surface area contributed by atoms with Crippen LogP contribution in [0.5, 0.6) is 0 Å². The second-order valence-electron chi connectivity index (χ2n) is 11.1. The molecule has 7 nitrogen and oxygen atoms in total. The molecule has 3 heterocycles. The maximum Gasteiger partial charge on any atom is 0.282 e. The summed E-state index contributed by atoms with van der Waals surface area (Å²) in [4.78, 5) is 18.1. The van der Waals surface area contributed by atoms with E-state index in [4.69, 9.17) is 0 Å². The highest BCUT2D eigenvalue weighted by Gasteiger charge is 2.53. The lowest BCUT2D eigenvalue weighted by atomic mass is 9.85. The molecule has 0 aromatic carbocycles. The summed E-state index contributed by atoms with van der Waals surface area (Å²) in [5.41, 5.74) is 0. The van der Waals surface area contributed by atoms with Crippen molar-refractivity contribution in [1.82, 2.24) is 18.4 Å². The first-order valence-electron chi connectivity index (χ1n) is 13.0. The van der Waals surface area contributed by atoms with E-state index >= 15 is 0 Å². The van der Waals surface area contributed by atoms with Gasteiger partial charge in [0.15, 0.2) is 0 Å². The van der Waals surface area contributed by atoms with E-state index in [2.05, 4.69) is 25.7 Å². The minimum absolute atomic E-state index is 0.00872. The summed E-state index contributed by atoms with van der Waals surface area (Å²) in [6.07, 6.45) is 7.87. The van der Waals surface area contributed by atoms with Gasteiger partial charge < -0.3 is 9.80 Å². The number of piperidine rings is 2. The zero-order chi connectivity index (χ0) is 23.0. The van der Waals surface area contributed by atoms with Gasteiger partial charge in [-0.1, -0.05) is 33.6 Å². The Morgan fingerprint density at radius 2 is 1.59 bits per heavy atom. The number of likely N-dealkylation sites (N-methyl/N-ethyl adjacent to an activating group) is 1. The Labute approximate surface area is 195 Å². The van der Waals surface area contributed by atoms with Crippen molar-refractivity contribution in [3.8, 4) is 0 Å². The monoisotopic (exact) mass is 468 g/mol. The highest BCUT2D eigenvalue weighted by atomic mass is 32.2. The van der Waals surface area contributed by atoms with Crippen LogP contribution in [0, 0.1) is 17.8 Å². The third-order valence-electron chi connectivity index (χ3n) is 8.64. The topological polar surface area (TPSA) is 64.2 Å². The Morgan fingerprint density at radius 3 is 2.22 bits per heavy atom. The number of hydrogen-bond acceptors (Lipinski definition) is 4. The quantitative estimate of drug-likeness (QED) is 0.622. The van der Waals surface area contributed by atoms with E-state index < -0.39 is 16.3 Å². The van der Waals surface area contributed by atoms with Gasteiger partial charge in [-0.2, -0.15) is 17.0 Å². The predicted octanol–water partition coefficient (Wildman–Crippen LogP) is 2.78. The highest BCUT2D eigenvalue weighted by molar-refractivity contribution is 7.86. The molecule has 8 heteroatoms. The standard InChI is InChI=1S/C24H44N4O3S/c1-5-26-12-10-21(11-13-26)25(4)24(29)23-15-20-8-6-7-9-22(20)28(23)32(30,31)27-16-18(2)14-19(3)17-27/h18-23H,5-17H2,1-4H3/t18-,19+,20-,22+,23-/m0/s1. The van der Waals surface area contributed by atoms with Crippen LogP contribution in [0.4, 0.5) is 0 Å². The first kappa shape index (κ1) is 24.4. The zero-order valence-electron chi connectivity index (χ0n) is 20.6. The first-order valence-corrected chi connectivity index (χ1v) is 14.4. The largest absolute Gasteiger partial charge is 0.341 e. The van der Waals surface area contributed by atoms with Crippen molar-refractivity contribution in [2.45, 2.75) is 90.3 Å². The second kappa shape index (κ2) is 9.88. The summed E-state index contributed by atoms with van der Waals surface area (Å²) in [6, 6.07) is -0.326. The molecule has 3 aliphatic heterocycles. The van der Waals surface area contributed by atoms with Gasteiger partial charge in [0.25, 0.3) is 10.2 Å². The number of hydrogen-bond donors (Lipinski definition) is 0. The summed E-state index contributed by atoms with van der Waals surface area (Å²) in [5.74, 6) is 1.07. The minimum atomic E-state index is -3.66. The normalized spacial score (nSPS) is 36.2. The summed E-state index contributed by atoms with van der Waals surface area (Å²) in [6.45, 7) is 10.7. The van der Waals surface area contributed by atoms with Gasteiger partial charge in [0.1, 0.15) is 6.04 Å². The molecule has 1 saturated carbocycles. The van der Waals surface area contributed by atoms with Crippen molar-refractivity contribution in [3.05, 3.63) is 0 Å².